The van der Waals surface area contributed by atoms with E-state index in [1.165, 1.54) is 43.5 Å². The first-order chi connectivity index (χ1) is 9.26. The summed E-state index contributed by atoms with van der Waals surface area (Å²) < 4.78 is 0. The van der Waals surface area contributed by atoms with Crippen molar-refractivity contribution in [2.24, 2.45) is 11.7 Å². The van der Waals surface area contributed by atoms with Gasteiger partial charge in [0, 0.05) is 12.6 Å². The van der Waals surface area contributed by atoms with Crippen LogP contribution in [0.1, 0.15) is 50.3 Å². The molecule has 0 aromatic heterocycles. The summed E-state index contributed by atoms with van der Waals surface area (Å²) in [6.45, 7) is 7.73. The molecular formula is C17H28N2. The highest BCUT2D eigenvalue weighted by Crippen LogP contribution is 2.27. The predicted octanol–water partition coefficient (Wildman–Crippen LogP) is 3.37. The molecule has 2 nitrogen and oxygen atoms in total. The highest BCUT2D eigenvalue weighted by molar-refractivity contribution is 5.30. The topological polar surface area (TPSA) is 29.3 Å². The Hall–Kier alpha value is -0.860. The highest BCUT2D eigenvalue weighted by atomic mass is 15.2. The Morgan fingerprint density at radius 1 is 1.26 bits per heavy atom. The van der Waals surface area contributed by atoms with E-state index in [1.54, 1.807) is 0 Å². The van der Waals surface area contributed by atoms with E-state index in [9.17, 15) is 0 Å². The maximum atomic E-state index is 6.10. The number of aryl methyl sites for hydroxylation is 1. The first-order valence-corrected chi connectivity index (χ1v) is 7.78. The van der Waals surface area contributed by atoms with Gasteiger partial charge < -0.3 is 5.73 Å². The second-order valence-corrected chi connectivity index (χ2v) is 5.88. The van der Waals surface area contributed by atoms with Gasteiger partial charge in [0.2, 0.25) is 0 Å². The van der Waals surface area contributed by atoms with Gasteiger partial charge in [0.15, 0.2) is 0 Å². The zero-order valence-electron chi connectivity index (χ0n) is 12.4. The van der Waals surface area contributed by atoms with Crippen molar-refractivity contribution in [1.29, 1.82) is 0 Å². The molecule has 2 unspecified atom stereocenters. The van der Waals surface area contributed by atoms with E-state index in [-0.39, 0.29) is 0 Å². The van der Waals surface area contributed by atoms with E-state index in [1.807, 2.05) is 0 Å². The summed E-state index contributed by atoms with van der Waals surface area (Å²) in [6, 6.07) is 9.21. The molecule has 19 heavy (non-hydrogen) atoms. The minimum Gasteiger partial charge on any atom is -0.329 e. The average Bonchev–Trinajstić information content (AvgIpc) is 2.66. The van der Waals surface area contributed by atoms with Gasteiger partial charge in [0.1, 0.15) is 0 Å². The lowest BCUT2D eigenvalue weighted by Crippen LogP contribution is -2.35. The van der Waals surface area contributed by atoms with Gasteiger partial charge in [-0.15, -0.1) is 0 Å². The normalized spacial score (nSPS) is 23.0. The molecule has 0 saturated carbocycles. The Morgan fingerprint density at radius 3 is 2.79 bits per heavy atom. The van der Waals surface area contributed by atoms with Gasteiger partial charge in [0.05, 0.1) is 0 Å². The molecular weight excluding hydrogens is 232 g/mol. The van der Waals surface area contributed by atoms with E-state index in [4.69, 9.17) is 5.73 Å². The van der Waals surface area contributed by atoms with Crippen LogP contribution in [-0.4, -0.2) is 24.5 Å². The summed E-state index contributed by atoms with van der Waals surface area (Å²) >= 11 is 0. The molecule has 1 aromatic carbocycles. The maximum absolute atomic E-state index is 6.10. The Balaban J connectivity index is 2.18. The first kappa shape index (κ1) is 14.5. The van der Waals surface area contributed by atoms with Gasteiger partial charge in [-0.05, 0) is 55.8 Å². The van der Waals surface area contributed by atoms with Crippen molar-refractivity contribution in [1.82, 2.24) is 4.90 Å². The summed E-state index contributed by atoms with van der Waals surface area (Å²) in [6.07, 6.45) is 5.08. The molecule has 1 aromatic rings. The van der Waals surface area contributed by atoms with Crippen LogP contribution in [0.25, 0.3) is 0 Å². The van der Waals surface area contributed by atoms with Crippen molar-refractivity contribution in [3.63, 3.8) is 0 Å². The van der Waals surface area contributed by atoms with Gasteiger partial charge in [-0.25, -0.2) is 0 Å². The predicted molar refractivity (Wildman–Crippen MR) is 82.2 cm³/mol. The summed E-state index contributed by atoms with van der Waals surface area (Å²) in [5, 5.41) is 0. The molecule has 0 spiro atoms. The number of benzene rings is 1. The molecule has 1 fully saturated rings. The van der Waals surface area contributed by atoms with Crippen LogP contribution in [0.15, 0.2) is 24.3 Å². The van der Waals surface area contributed by atoms with Crippen molar-refractivity contribution >= 4 is 0 Å². The SMILES string of the molecule is CCc1ccccc1C(CN)N1CCCC(C)CC1. The zero-order valence-corrected chi connectivity index (χ0v) is 12.4. The zero-order chi connectivity index (χ0) is 13.7. The number of rotatable bonds is 4. The maximum Gasteiger partial charge on any atom is 0.0473 e. The largest absolute Gasteiger partial charge is 0.329 e. The molecule has 2 heteroatoms. The molecule has 2 rings (SSSR count). The van der Waals surface area contributed by atoms with Crippen LogP contribution in [-0.2, 0) is 6.42 Å². The quantitative estimate of drug-likeness (QED) is 0.899. The summed E-state index contributed by atoms with van der Waals surface area (Å²) in [4.78, 5) is 2.61. The second kappa shape index (κ2) is 7.06. The van der Waals surface area contributed by atoms with Crippen molar-refractivity contribution in [3.8, 4) is 0 Å². The standard InChI is InChI=1S/C17H28N2/c1-3-15-8-4-5-9-16(15)17(13-18)19-11-6-7-14(2)10-12-19/h4-5,8-9,14,17H,3,6-7,10-13,18H2,1-2H3. The fraction of sp³-hybridized carbons (Fsp3) is 0.647. The van der Waals surface area contributed by atoms with Crippen LogP contribution in [0.2, 0.25) is 0 Å². The molecule has 106 valence electrons. The van der Waals surface area contributed by atoms with Crippen molar-refractivity contribution < 1.29 is 0 Å². The van der Waals surface area contributed by atoms with Crippen LogP contribution >= 0.6 is 0 Å². The third-order valence-electron chi connectivity index (χ3n) is 4.51. The van der Waals surface area contributed by atoms with E-state index < -0.39 is 0 Å². The van der Waals surface area contributed by atoms with Crippen LogP contribution in [0.3, 0.4) is 0 Å². The number of hydrogen-bond acceptors (Lipinski definition) is 2. The molecule has 1 aliphatic heterocycles. The number of likely N-dealkylation sites (tertiary alicyclic amines) is 1. The minimum atomic E-state index is 0.404. The van der Waals surface area contributed by atoms with Gasteiger partial charge in [0.25, 0.3) is 0 Å². The van der Waals surface area contributed by atoms with Gasteiger partial charge >= 0.3 is 0 Å². The fourth-order valence-electron chi connectivity index (χ4n) is 3.25. The van der Waals surface area contributed by atoms with E-state index in [2.05, 4.69) is 43.0 Å². The van der Waals surface area contributed by atoms with Gasteiger partial charge in [-0.3, -0.25) is 4.90 Å². The first-order valence-electron chi connectivity index (χ1n) is 7.78. The van der Waals surface area contributed by atoms with Gasteiger partial charge in [-0.2, -0.15) is 0 Å². The summed E-state index contributed by atoms with van der Waals surface area (Å²) in [7, 11) is 0. The molecule has 0 amide bonds. The fourth-order valence-corrected chi connectivity index (χ4v) is 3.25. The van der Waals surface area contributed by atoms with Crippen molar-refractivity contribution in [2.75, 3.05) is 19.6 Å². The Kier molecular flexibility index (Phi) is 5.41. The van der Waals surface area contributed by atoms with Gasteiger partial charge in [-0.1, -0.05) is 38.1 Å². The van der Waals surface area contributed by atoms with E-state index >= 15 is 0 Å². The molecule has 1 aliphatic rings. The molecule has 0 aliphatic carbocycles. The monoisotopic (exact) mass is 260 g/mol. The van der Waals surface area contributed by atoms with E-state index in [0.29, 0.717) is 6.04 Å². The van der Waals surface area contributed by atoms with Crippen LogP contribution < -0.4 is 5.73 Å². The van der Waals surface area contributed by atoms with Crippen molar-refractivity contribution in [3.05, 3.63) is 35.4 Å². The Bertz CT molecular complexity index is 389. The van der Waals surface area contributed by atoms with Crippen LogP contribution in [0, 0.1) is 5.92 Å². The average molecular weight is 260 g/mol. The minimum absolute atomic E-state index is 0.404. The lowest BCUT2D eigenvalue weighted by molar-refractivity contribution is 0.207. The summed E-state index contributed by atoms with van der Waals surface area (Å²) in [5.41, 5.74) is 9.00. The van der Waals surface area contributed by atoms with Crippen LogP contribution in [0.4, 0.5) is 0 Å². The third kappa shape index (κ3) is 3.58. The lowest BCUT2D eigenvalue weighted by atomic mass is 9.97. The third-order valence-corrected chi connectivity index (χ3v) is 4.51. The molecule has 2 atom stereocenters. The van der Waals surface area contributed by atoms with Crippen molar-refractivity contribution in [2.45, 2.75) is 45.6 Å². The Morgan fingerprint density at radius 2 is 2.05 bits per heavy atom. The summed E-state index contributed by atoms with van der Waals surface area (Å²) in [5.74, 6) is 0.866. The van der Waals surface area contributed by atoms with Crippen LogP contribution in [0.5, 0.6) is 0 Å². The molecule has 0 radical (unpaired) electrons. The smallest absolute Gasteiger partial charge is 0.0473 e. The molecule has 2 N–H and O–H groups in total. The number of nitrogens with zero attached hydrogens (tertiary/aromatic N) is 1. The molecule has 0 bridgehead atoms. The Labute approximate surface area is 118 Å². The lowest BCUT2D eigenvalue weighted by Gasteiger charge is -2.31. The highest BCUT2D eigenvalue weighted by Gasteiger charge is 2.23. The number of nitrogens with two attached hydrogens (primary N) is 1. The van der Waals surface area contributed by atoms with E-state index in [0.717, 1.165) is 18.9 Å². The molecule has 1 heterocycles. The second-order valence-electron chi connectivity index (χ2n) is 5.88. The number of hydrogen-bond donors (Lipinski definition) is 1. The molecule has 1 saturated heterocycles.